The van der Waals surface area contributed by atoms with Crippen LogP contribution in [-0.2, 0) is 4.74 Å². The second-order valence-electron chi connectivity index (χ2n) is 3.85. The maximum Gasteiger partial charge on any atom is 0.411 e. The summed E-state index contributed by atoms with van der Waals surface area (Å²) in [5, 5.41) is 2.38. The summed E-state index contributed by atoms with van der Waals surface area (Å²) in [7, 11) is 0. The molecule has 0 aromatic heterocycles. The molecule has 0 bridgehead atoms. The molecule has 0 spiro atoms. The molecule has 88 valence electrons. The molecule has 1 aromatic rings. The van der Waals surface area contributed by atoms with Crippen LogP contribution in [0.1, 0.15) is 13.8 Å². The van der Waals surface area contributed by atoms with Gasteiger partial charge in [0.2, 0.25) is 0 Å². The van der Waals surface area contributed by atoms with Gasteiger partial charge in [-0.05, 0) is 24.1 Å². The minimum atomic E-state index is -0.633. The molecule has 5 heteroatoms. The van der Waals surface area contributed by atoms with Gasteiger partial charge in [0.25, 0.3) is 0 Å². The standard InChI is InChI=1S/C11H15FN2O2/c1-7(2)6-16-11(15)14-10-5-8(12)3-4-9(10)13/h3-5,7H,6,13H2,1-2H3,(H,14,15). The number of nitrogens with one attached hydrogen (secondary N) is 1. The maximum absolute atomic E-state index is 12.9. The summed E-state index contributed by atoms with van der Waals surface area (Å²) in [6, 6.07) is 3.75. The lowest BCUT2D eigenvalue weighted by molar-refractivity contribution is 0.147. The average molecular weight is 226 g/mol. The van der Waals surface area contributed by atoms with Gasteiger partial charge in [-0.25, -0.2) is 9.18 Å². The first-order valence-electron chi connectivity index (χ1n) is 4.98. The molecule has 0 atom stereocenters. The molecular formula is C11H15FN2O2. The van der Waals surface area contributed by atoms with Crippen LogP contribution >= 0.6 is 0 Å². The van der Waals surface area contributed by atoms with E-state index in [2.05, 4.69) is 5.32 Å². The fourth-order valence-corrected chi connectivity index (χ4v) is 1.03. The summed E-state index contributed by atoms with van der Waals surface area (Å²) in [5.41, 5.74) is 6.07. The molecule has 0 heterocycles. The van der Waals surface area contributed by atoms with Crippen LogP contribution in [-0.4, -0.2) is 12.7 Å². The van der Waals surface area contributed by atoms with Gasteiger partial charge in [-0.15, -0.1) is 0 Å². The van der Waals surface area contributed by atoms with Crippen LogP contribution in [0.2, 0.25) is 0 Å². The van der Waals surface area contributed by atoms with Crippen molar-refractivity contribution in [1.82, 2.24) is 0 Å². The summed E-state index contributed by atoms with van der Waals surface area (Å²) < 4.78 is 17.7. The highest BCUT2D eigenvalue weighted by Crippen LogP contribution is 2.19. The molecular weight excluding hydrogens is 211 g/mol. The van der Waals surface area contributed by atoms with Crippen molar-refractivity contribution in [3.05, 3.63) is 24.0 Å². The zero-order valence-corrected chi connectivity index (χ0v) is 9.29. The number of ether oxygens (including phenoxy) is 1. The molecule has 1 rings (SSSR count). The molecule has 1 amide bonds. The van der Waals surface area contributed by atoms with Gasteiger partial charge in [0.1, 0.15) is 5.82 Å². The zero-order chi connectivity index (χ0) is 12.1. The largest absolute Gasteiger partial charge is 0.449 e. The Morgan fingerprint density at radius 1 is 1.56 bits per heavy atom. The minimum Gasteiger partial charge on any atom is -0.449 e. The van der Waals surface area contributed by atoms with Crippen molar-refractivity contribution in [3.63, 3.8) is 0 Å². The second kappa shape index (κ2) is 5.34. The summed E-state index contributed by atoms with van der Waals surface area (Å²) in [6.07, 6.45) is -0.633. The van der Waals surface area contributed by atoms with Crippen molar-refractivity contribution in [2.75, 3.05) is 17.7 Å². The third kappa shape index (κ3) is 3.76. The van der Waals surface area contributed by atoms with Crippen molar-refractivity contribution >= 4 is 17.5 Å². The Morgan fingerprint density at radius 2 is 2.25 bits per heavy atom. The number of benzene rings is 1. The third-order valence-electron chi connectivity index (χ3n) is 1.80. The number of nitrogens with two attached hydrogens (primary N) is 1. The Hall–Kier alpha value is -1.78. The number of hydrogen-bond acceptors (Lipinski definition) is 3. The lowest BCUT2D eigenvalue weighted by Crippen LogP contribution is -2.17. The third-order valence-corrected chi connectivity index (χ3v) is 1.80. The zero-order valence-electron chi connectivity index (χ0n) is 9.29. The van der Waals surface area contributed by atoms with Gasteiger partial charge < -0.3 is 10.5 Å². The molecule has 3 N–H and O–H groups in total. The van der Waals surface area contributed by atoms with Crippen LogP contribution in [0, 0.1) is 11.7 Å². The highest BCUT2D eigenvalue weighted by Gasteiger charge is 2.07. The number of hydrogen-bond donors (Lipinski definition) is 2. The van der Waals surface area contributed by atoms with E-state index in [1.54, 1.807) is 0 Å². The van der Waals surface area contributed by atoms with E-state index in [9.17, 15) is 9.18 Å². The van der Waals surface area contributed by atoms with Crippen molar-refractivity contribution in [2.24, 2.45) is 5.92 Å². The van der Waals surface area contributed by atoms with E-state index in [0.717, 1.165) is 6.07 Å². The Kier molecular flexibility index (Phi) is 4.10. The van der Waals surface area contributed by atoms with Gasteiger partial charge in [0.15, 0.2) is 0 Å². The number of carbonyl (C=O) groups is 1. The second-order valence-corrected chi connectivity index (χ2v) is 3.85. The van der Waals surface area contributed by atoms with Crippen molar-refractivity contribution < 1.29 is 13.9 Å². The van der Waals surface area contributed by atoms with E-state index < -0.39 is 11.9 Å². The first-order valence-corrected chi connectivity index (χ1v) is 4.98. The van der Waals surface area contributed by atoms with E-state index in [1.165, 1.54) is 12.1 Å². The number of rotatable bonds is 3. The van der Waals surface area contributed by atoms with Crippen LogP contribution < -0.4 is 11.1 Å². The van der Waals surface area contributed by atoms with E-state index in [-0.39, 0.29) is 11.6 Å². The fourth-order valence-electron chi connectivity index (χ4n) is 1.03. The highest BCUT2D eigenvalue weighted by atomic mass is 19.1. The highest BCUT2D eigenvalue weighted by molar-refractivity contribution is 5.88. The number of nitrogen functional groups attached to an aromatic ring is 1. The first-order chi connectivity index (χ1) is 7.49. The average Bonchev–Trinajstić information content (AvgIpc) is 2.20. The van der Waals surface area contributed by atoms with Crippen LogP contribution in [0.4, 0.5) is 20.6 Å². The molecule has 0 fully saturated rings. The Morgan fingerprint density at radius 3 is 2.88 bits per heavy atom. The molecule has 0 saturated carbocycles. The predicted octanol–water partition coefficient (Wildman–Crippen LogP) is 2.61. The van der Waals surface area contributed by atoms with Crippen LogP contribution in [0.15, 0.2) is 18.2 Å². The smallest absolute Gasteiger partial charge is 0.411 e. The van der Waals surface area contributed by atoms with E-state index in [4.69, 9.17) is 10.5 Å². The van der Waals surface area contributed by atoms with Gasteiger partial charge in [0.05, 0.1) is 18.0 Å². The van der Waals surface area contributed by atoms with Gasteiger partial charge in [0, 0.05) is 0 Å². The summed E-state index contributed by atoms with van der Waals surface area (Å²) in [4.78, 5) is 11.3. The molecule has 0 saturated heterocycles. The molecule has 0 aliphatic carbocycles. The predicted molar refractivity (Wildman–Crippen MR) is 60.6 cm³/mol. The van der Waals surface area contributed by atoms with Crippen LogP contribution in [0.5, 0.6) is 0 Å². The van der Waals surface area contributed by atoms with Gasteiger partial charge in [-0.1, -0.05) is 13.8 Å². The van der Waals surface area contributed by atoms with Crippen LogP contribution in [0.25, 0.3) is 0 Å². The molecule has 4 nitrogen and oxygen atoms in total. The fraction of sp³-hybridized carbons (Fsp3) is 0.364. The van der Waals surface area contributed by atoms with Gasteiger partial charge in [-0.3, -0.25) is 5.32 Å². The summed E-state index contributed by atoms with van der Waals surface area (Å²) in [6.45, 7) is 4.15. The monoisotopic (exact) mass is 226 g/mol. The Labute approximate surface area is 93.6 Å². The molecule has 0 aliphatic rings. The van der Waals surface area contributed by atoms with Crippen LogP contribution in [0.3, 0.4) is 0 Å². The number of carbonyl (C=O) groups excluding carboxylic acids is 1. The van der Waals surface area contributed by atoms with Crippen molar-refractivity contribution in [1.29, 1.82) is 0 Å². The summed E-state index contributed by atoms with van der Waals surface area (Å²) >= 11 is 0. The molecule has 0 radical (unpaired) electrons. The molecule has 0 unspecified atom stereocenters. The lowest BCUT2D eigenvalue weighted by Gasteiger charge is -2.10. The Balaban J connectivity index is 2.59. The van der Waals surface area contributed by atoms with Crippen molar-refractivity contribution in [2.45, 2.75) is 13.8 Å². The van der Waals surface area contributed by atoms with E-state index in [1.807, 2.05) is 13.8 Å². The first kappa shape index (κ1) is 12.3. The SMILES string of the molecule is CC(C)COC(=O)Nc1cc(F)ccc1N. The molecule has 1 aromatic carbocycles. The quantitative estimate of drug-likeness (QED) is 0.778. The number of anilines is 2. The normalized spacial score (nSPS) is 10.2. The molecule has 0 aliphatic heterocycles. The van der Waals surface area contributed by atoms with Crippen molar-refractivity contribution in [3.8, 4) is 0 Å². The molecule has 16 heavy (non-hydrogen) atoms. The maximum atomic E-state index is 12.9. The van der Waals surface area contributed by atoms with E-state index in [0.29, 0.717) is 12.3 Å². The number of halogens is 1. The van der Waals surface area contributed by atoms with E-state index >= 15 is 0 Å². The Bertz CT molecular complexity index is 380. The lowest BCUT2D eigenvalue weighted by atomic mass is 10.2. The number of amides is 1. The minimum absolute atomic E-state index is 0.216. The summed E-state index contributed by atoms with van der Waals surface area (Å²) in [5.74, 6) is -0.219. The van der Waals surface area contributed by atoms with Gasteiger partial charge in [-0.2, -0.15) is 0 Å². The van der Waals surface area contributed by atoms with Gasteiger partial charge >= 0.3 is 6.09 Å². The topological polar surface area (TPSA) is 64.3 Å².